The lowest BCUT2D eigenvalue weighted by Gasteiger charge is -2.17. The number of pyridine rings is 1. The summed E-state index contributed by atoms with van der Waals surface area (Å²) in [6, 6.07) is 7.02. The van der Waals surface area contributed by atoms with E-state index < -0.39 is 21.6 Å². The molecule has 0 aliphatic carbocycles. The Balaban J connectivity index is 1.80. The maximum Gasteiger partial charge on any atom is 0.252 e. The highest BCUT2D eigenvalue weighted by atomic mass is 32.2. The van der Waals surface area contributed by atoms with Crippen LogP contribution in [-0.4, -0.2) is 56.1 Å². The predicted molar refractivity (Wildman–Crippen MR) is 129 cm³/mol. The number of methoxy groups -OCH3 is 1. The van der Waals surface area contributed by atoms with Crippen molar-refractivity contribution in [3.63, 3.8) is 0 Å². The SMILES string of the molecule is COc1cc(Nc2c(C(N)=O)cnc3c(C)cc(S(=O)(=O)CCN4CCCC4=O)cc23)ccc1F. The van der Waals surface area contributed by atoms with Gasteiger partial charge in [-0.15, -0.1) is 0 Å². The third-order valence-electron chi connectivity index (χ3n) is 5.98. The van der Waals surface area contributed by atoms with Crippen LogP contribution in [0.4, 0.5) is 15.8 Å². The van der Waals surface area contributed by atoms with Crippen LogP contribution >= 0.6 is 0 Å². The van der Waals surface area contributed by atoms with Crippen molar-refractivity contribution in [2.45, 2.75) is 24.7 Å². The molecule has 35 heavy (non-hydrogen) atoms. The van der Waals surface area contributed by atoms with E-state index >= 15 is 0 Å². The number of hydrogen-bond donors (Lipinski definition) is 2. The summed E-state index contributed by atoms with van der Waals surface area (Å²) in [5.41, 5.74) is 7.30. The maximum absolute atomic E-state index is 13.9. The molecule has 0 atom stereocenters. The molecule has 1 aromatic heterocycles. The van der Waals surface area contributed by atoms with Crippen LogP contribution in [0.3, 0.4) is 0 Å². The number of halogens is 1. The van der Waals surface area contributed by atoms with Crippen molar-refractivity contribution < 1.29 is 27.1 Å². The van der Waals surface area contributed by atoms with Gasteiger partial charge in [0.05, 0.1) is 34.5 Å². The second-order valence-electron chi connectivity index (χ2n) is 8.33. The number of hydrogen-bond acceptors (Lipinski definition) is 7. The topological polar surface area (TPSA) is 132 Å². The van der Waals surface area contributed by atoms with Crippen LogP contribution < -0.4 is 15.8 Å². The molecule has 11 heteroatoms. The molecule has 0 spiro atoms. The zero-order chi connectivity index (χ0) is 25.3. The highest BCUT2D eigenvalue weighted by Crippen LogP contribution is 2.34. The van der Waals surface area contributed by atoms with E-state index in [0.29, 0.717) is 35.1 Å². The van der Waals surface area contributed by atoms with E-state index in [1.54, 1.807) is 11.8 Å². The number of sulfone groups is 1. The number of aryl methyl sites for hydroxylation is 1. The Morgan fingerprint density at radius 1 is 1.29 bits per heavy atom. The Morgan fingerprint density at radius 2 is 2.06 bits per heavy atom. The van der Waals surface area contributed by atoms with Crippen LogP contribution in [0, 0.1) is 12.7 Å². The van der Waals surface area contributed by atoms with E-state index in [9.17, 15) is 22.4 Å². The van der Waals surface area contributed by atoms with E-state index in [2.05, 4.69) is 10.3 Å². The number of nitrogens with zero attached hydrogens (tertiary/aromatic N) is 2. The van der Waals surface area contributed by atoms with Gasteiger partial charge < -0.3 is 20.7 Å². The minimum atomic E-state index is -3.76. The lowest BCUT2D eigenvalue weighted by molar-refractivity contribution is -0.127. The number of aromatic nitrogens is 1. The number of nitrogens with two attached hydrogens (primary N) is 1. The first-order valence-electron chi connectivity index (χ1n) is 10.9. The van der Waals surface area contributed by atoms with Gasteiger partial charge >= 0.3 is 0 Å². The van der Waals surface area contributed by atoms with Crippen molar-refractivity contribution in [2.75, 3.05) is 31.3 Å². The molecule has 1 aliphatic rings. The molecular formula is C24H25FN4O5S. The quantitative estimate of drug-likeness (QED) is 0.486. The zero-order valence-corrected chi connectivity index (χ0v) is 20.1. The van der Waals surface area contributed by atoms with Crippen LogP contribution in [0.15, 0.2) is 41.4 Å². The first-order chi connectivity index (χ1) is 16.6. The number of benzene rings is 2. The Bertz CT molecular complexity index is 1440. The fraction of sp³-hybridized carbons (Fsp3) is 0.292. The smallest absolute Gasteiger partial charge is 0.252 e. The molecule has 2 amide bonds. The van der Waals surface area contributed by atoms with Gasteiger partial charge in [-0.05, 0) is 43.2 Å². The number of likely N-dealkylation sites (tertiary alicyclic amines) is 1. The third kappa shape index (κ3) is 4.90. The van der Waals surface area contributed by atoms with Crippen LogP contribution in [0.5, 0.6) is 5.75 Å². The molecule has 2 aromatic carbocycles. The largest absolute Gasteiger partial charge is 0.494 e. The van der Waals surface area contributed by atoms with E-state index in [0.717, 1.165) is 6.42 Å². The number of fused-ring (bicyclic) bond motifs is 1. The van der Waals surface area contributed by atoms with Gasteiger partial charge in [0.1, 0.15) is 0 Å². The number of amides is 2. The molecule has 0 saturated carbocycles. The molecule has 4 rings (SSSR count). The highest BCUT2D eigenvalue weighted by molar-refractivity contribution is 7.91. The van der Waals surface area contributed by atoms with Crippen LogP contribution in [0.2, 0.25) is 0 Å². The minimum absolute atomic E-state index is 0.00936. The minimum Gasteiger partial charge on any atom is -0.494 e. The molecule has 1 fully saturated rings. The number of carbonyl (C=O) groups excluding carboxylic acids is 2. The molecule has 0 bridgehead atoms. The monoisotopic (exact) mass is 500 g/mol. The molecule has 0 unspecified atom stereocenters. The third-order valence-corrected chi connectivity index (χ3v) is 7.66. The molecule has 3 N–H and O–H groups in total. The molecule has 2 heterocycles. The summed E-state index contributed by atoms with van der Waals surface area (Å²) in [5, 5.41) is 3.41. The predicted octanol–water partition coefficient (Wildman–Crippen LogP) is 2.93. The van der Waals surface area contributed by atoms with Crippen molar-refractivity contribution in [3.8, 4) is 5.75 Å². The number of rotatable bonds is 8. The Kier molecular flexibility index (Phi) is 6.62. The summed E-state index contributed by atoms with van der Waals surface area (Å²) >= 11 is 0. The van der Waals surface area contributed by atoms with Crippen molar-refractivity contribution in [2.24, 2.45) is 5.73 Å². The standard InChI is InChI=1S/C24H25FN4O5S/c1-14-10-16(35(32,33)9-8-29-7-3-4-21(29)30)12-17-22(14)27-13-18(24(26)31)23(17)28-15-5-6-19(25)20(11-15)34-2/h5-6,10-13H,3-4,7-9H2,1-2H3,(H2,26,31)(H,27,28). The molecule has 1 saturated heterocycles. The first kappa shape index (κ1) is 24.4. The number of carbonyl (C=O) groups is 2. The summed E-state index contributed by atoms with van der Waals surface area (Å²) in [7, 11) is -2.43. The lowest BCUT2D eigenvalue weighted by Crippen LogP contribution is -2.30. The molecule has 184 valence electrons. The van der Waals surface area contributed by atoms with Crippen molar-refractivity contribution in [3.05, 3.63) is 53.5 Å². The second kappa shape index (κ2) is 9.49. The molecule has 3 aromatic rings. The fourth-order valence-corrected chi connectivity index (χ4v) is 5.47. The Labute approximate surface area is 202 Å². The number of primary amides is 1. The van der Waals surface area contributed by atoms with Crippen molar-refractivity contribution in [1.82, 2.24) is 9.88 Å². The van der Waals surface area contributed by atoms with Gasteiger partial charge in [-0.25, -0.2) is 12.8 Å². The second-order valence-corrected chi connectivity index (χ2v) is 10.4. The van der Waals surface area contributed by atoms with Gasteiger partial charge in [-0.3, -0.25) is 14.6 Å². The summed E-state index contributed by atoms with van der Waals surface area (Å²) in [6.07, 6.45) is 2.46. The summed E-state index contributed by atoms with van der Waals surface area (Å²) in [6.45, 7) is 2.37. The number of anilines is 2. The van der Waals surface area contributed by atoms with E-state index in [4.69, 9.17) is 10.5 Å². The van der Waals surface area contributed by atoms with Gasteiger partial charge in [0.2, 0.25) is 5.91 Å². The molecular weight excluding hydrogens is 475 g/mol. The Morgan fingerprint density at radius 3 is 2.71 bits per heavy atom. The molecule has 9 nitrogen and oxygen atoms in total. The van der Waals surface area contributed by atoms with Gasteiger partial charge in [-0.1, -0.05) is 0 Å². The fourth-order valence-electron chi connectivity index (χ4n) is 4.12. The van der Waals surface area contributed by atoms with E-state index in [1.165, 1.54) is 43.6 Å². The van der Waals surface area contributed by atoms with Gasteiger partial charge in [0.25, 0.3) is 5.91 Å². The normalized spacial score (nSPS) is 13.9. The molecule has 0 radical (unpaired) electrons. The van der Waals surface area contributed by atoms with Crippen LogP contribution in [0.1, 0.15) is 28.8 Å². The van der Waals surface area contributed by atoms with Gasteiger partial charge in [0.15, 0.2) is 21.4 Å². The van der Waals surface area contributed by atoms with E-state index in [1.807, 2.05) is 0 Å². The summed E-state index contributed by atoms with van der Waals surface area (Å²) < 4.78 is 45.3. The number of nitrogens with one attached hydrogen (secondary N) is 1. The first-order valence-corrected chi connectivity index (χ1v) is 12.6. The van der Waals surface area contributed by atoms with Crippen LogP contribution in [0.25, 0.3) is 10.9 Å². The average molecular weight is 501 g/mol. The zero-order valence-electron chi connectivity index (χ0n) is 19.3. The van der Waals surface area contributed by atoms with Crippen LogP contribution in [-0.2, 0) is 14.6 Å². The Hall–Kier alpha value is -3.73. The van der Waals surface area contributed by atoms with Crippen molar-refractivity contribution in [1.29, 1.82) is 0 Å². The maximum atomic E-state index is 13.9. The average Bonchev–Trinajstić information content (AvgIpc) is 3.23. The van der Waals surface area contributed by atoms with Crippen molar-refractivity contribution >= 4 is 43.9 Å². The van der Waals surface area contributed by atoms with Gasteiger partial charge in [-0.2, -0.15) is 0 Å². The summed E-state index contributed by atoms with van der Waals surface area (Å²) in [4.78, 5) is 30.0. The highest BCUT2D eigenvalue weighted by Gasteiger charge is 2.25. The lowest BCUT2D eigenvalue weighted by atomic mass is 10.1. The summed E-state index contributed by atoms with van der Waals surface area (Å²) in [5.74, 6) is -1.62. The number of ether oxygens (including phenoxy) is 1. The van der Waals surface area contributed by atoms with Gasteiger partial charge in [0, 0.05) is 42.8 Å². The molecule has 1 aliphatic heterocycles. The van der Waals surface area contributed by atoms with E-state index in [-0.39, 0.29) is 40.1 Å².